The molecule has 0 spiro atoms. The van der Waals surface area contributed by atoms with E-state index in [4.69, 9.17) is 10.8 Å². The third-order valence-corrected chi connectivity index (χ3v) is 8.92. The van der Waals surface area contributed by atoms with Crippen LogP contribution in [0.3, 0.4) is 0 Å². The largest absolute Gasteiger partial charge is 0.399 e. The highest BCUT2D eigenvalue weighted by molar-refractivity contribution is 6.02. The zero-order chi connectivity index (χ0) is 26.2. The number of rotatable bonds is 5. The van der Waals surface area contributed by atoms with E-state index in [1.165, 1.54) is 43.5 Å². The molecule has 0 saturated carbocycles. The van der Waals surface area contributed by atoms with Crippen molar-refractivity contribution in [1.29, 1.82) is 0 Å². The molecule has 3 saturated heterocycles. The summed E-state index contributed by atoms with van der Waals surface area (Å²) < 4.78 is 1.89. The summed E-state index contributed by atoms with van der Waals surface area (Å²) in [5.41, 5.74) is 11.2. The molecule has 0 bridgehead atoms. The van der Waals surface area contributed by atoms with Gasteiger partial charge < -0.3 is 15.5 Å². The number of aromatic nitrogens is 2. The van der Waals surface area contributed by atoms with Gasteiger partial charge >= 0.3 is 0 Å². The van der Waals surface area contributed by atoms with Crippen molar-refractivity contribution in [3.05, 3.63) is 53.7 Å². The summed E-state index contributed by atoms with van der Waals surface area (Å²) in [5, 5.41) is 8.20. The topological polar surface area (TPSA) is 96.5 Å². The average molecular weight is 515 g/mol. The fourth-order valence-corrected chi connectivity index (χ4v) is 6.64. The Labute approximate surface area is 224 Å². The van der Waals surface area contributed by atoms with Gasteiger partial charge in [0.25, 0.3) is 0 Å². The molecule has 1 aromatic heterocycles. The summed E-state index contributed by atoms with van der Waals surface area (Å²) in [6.07, 6.45) is 5.74. The summed E-state index contributed by atoms with van der Waals surface area (Å²) in [6, 6.07) is 14.9. The summed E-state index contributed by atoms with van der Waals surface area (Å²) in [7, 11) is 1.95. The Morgan fingerprint density at radius 2 is 1.68 bits per heavy atom. The second kappa shape index (κ2) is 10.4. The number of anilines is 2. The monoisotopic (exact) mass is 514 g/mol. The van der Waals surface area contributed by atoms with Gasteiger partial charge in [-0.25, -0.2) is 0 Å². The fourth-order valence-electron chi connectivity index (χ4n) is 6.64. The number of amides is 2. The minimum Gasteiger partial charge on any atom is -0.399 e. The minimum atomic E-state index is -0.358. The first-order valence-corrected chi connectivity index (χ1v) is 14.1. The van der Waals surface area contributed by atoms with Crippen LogP contribution in [0.1, 0.15) is 61.6 Å². The number of nitrogen functional groups attached to an aromatic ring is 1. The number of imide groups is 1. The lowest BCUT2D eigenvalue weighted by Gasteiger charge is -2.38. The molecule has 3 aromatic rings. The van der Waals surface area contributed by atoms with Gasteiger partial charge in [0.15, 0.2) is 0 Å². The van der Waals surface area contributed by atoms with Crippen molar-refractivity contribution in [2.24, 2.45) is 13.0 Å². The molecular weight excluding hydrogens is 476 g/mol. The molecule has 1 atom stereocenters. The van der Waals surface area contributed by atoms with Crippen LogP contribution in [0.2, 0.25) is 0 Å². The molecule has 8 heteroatoms. The first-order chi connectivity index (χ1) is 18.4. The second-order valence-corrected chi connectivity index (χ2v) is 11.4. The average Bonchev–Trinajstić information content (AvgIpc) is 3.25. The molecule has 3 fully saturated rings. The number of fused-ring (bicyclic) bond motifs is 1. The number of nitrogens with two attached hydrogens (primary N) is 1. The fraction of sp³-hybridized carbons (Fsp3) is 0.500. The maximum Gasteiger partial charge on any atom is 0.235 e. The quantitative estimate of drug-likeness (QED) is 0.398. The zero-order valence-corrected chi connectivity index (χ0v) is 22.2. The van der Waals surface area contributed by atoms with Crippen LogP contribution < -0.4 is 16.0 Å². The Hall–Kier alpha value is -3.39. The van der Waals surface area contributed by atoms with Gasteiger partial charge in [-0.15, -0.1) is 0 Å². The third-order valence-electron chi connectivity index (χ3n) is 8.92. The number of nitrogens with zero attached hydrogens (tertiary/aromatic N) is 4. The Kier molecular flexibility index (Phi) is 6.82. The predicted molar refractivity (Wildman–Crippen MR) is 150 cm³/mol. The van der Waals surface area contributed by atoms with E-state index >= 15 is 0 Å². The van der Waals surface area contributed by atoms with Crippen molar-refractivity contribution < 1.29 is 9.59 Å². The number of aryl methyl sites for hydroxylation is 1. The number of nitrogens with one attached hydrogen (secondary N) is 1. The second-order valence-electron chi connectivity index (χ2n) is 11.4. The van der Waals surface area contributed by atoms with Crippen LogP contribution >= 0.6 is 0 Å². The Balaban J connectivity index is 1.04. The van der Waals surface area contributed by atoms with Crippen molar-refractivity contribution in [3.8, 4) is 0 Å². The molecule has 0 aliphatic carbocycles. The summed E-state index contributed by atoms with van der Waals surface area (Å²) in [6.45, 7) is 5.74. The number of benzene rings is 2. The Bertz CT molecular complexity index is 1320. The van der Waals surface area contributed by atoms with Gasteiger partial charge in [0.2, 0.25) is 11.8 Å². The Morgan fingerprint density at radius 1 is 0.947 bits per heavy atom. The van der Waals surface area contributed by atoms with Crippen LogP contribution in [0.15, 0.2) is 42.5 Å². The standard InChI is InChI=1S/C30H38N6O2/c1-34-27-18-22(2-7-25(27)29(33-34)26-8-9-28(37)32-30(26)38)21-12-14-35(15-13-21)19-20-10-16-36(17-11-20)24-5-3-23(31)4-6-24/h2-7,18,20-21,26H,8-17,19,31H2,1H3,(H,32,37,38). The molecule has 0 radical (unpaired) electrons. The number of hydrogen-bond acceptors (Lipinski definition) is 6. The first kappa shape index (κ1) is 24.9. The molecule has 3 aliphatic heterocycles. The molecule has 8 nitrogen and oxygen atoms in total. The van der Waals surface area contributed by atoms with Crippen molar-refractivity contribution in [2.75, 3.05) is 43.4 Å². The summed E-state index contributed by atoms with van der Waals surface area (Å²) >= 11 is 0. The SMILES string of the molecule is Cn1nc(C2CCC(=O)NC2=O)c2ccc(C3CCN(CC4CCN(c5ccc(N)cc5)CC4)CC3)cc21. The third kappa shape index (κ3) is 5.01. The first-order valence-electron chi connectivity index (χ1n) is 14.1. The van der Waals surface area contributed by atoms with Gasteiger partial charge in [0.1, 0.15) is 0 Å². The van der Waals surface area contributed by atoms with E-state index in [0.29, 0.717) is 18.8 Å². The van der Waals surface area contributed by atoms with Gasteiger partial charge in [-0.2, -0.15) is 5.10 Å². The summed E-state index contributed by atoms with van der Waals surface area (Å²) in [5.74, 6) is 0.547. The molecule has 3 aliphatic rings. The molecule has 3 N–H and O–H groups in total. The molecule has 4 heterocycles. The van der Waals surface area contributed by atoms with E-state index in [9.17, 15) is 9.59 Å². The normalized spacial score (nSPS) is 22.2. The van der Waals surface area contributed by atoms with E-state index in [2.05, 4.69) is 45.4 Å². The van der Waals surface area contributed by atoms with Gasteiger partial charge in [0, 0.05) is 49.9 Å². The number of carbonyl (C=O) groups excluding carboxylic acids is 2. The number of carbonyl (C=O) groups is 2. The zero-order valence-electron chi connectivity index (χ0n) is 22.2. The van der Waals surface area contributed by atoms with Crippen LogP contribution in [0.5, 0.6) is 0 Å². The lowest BCUT2D eigenvalue weighted by molar-refractivity contribution is -0.134. The van der Waals surface area contributed by atoms with Crippen LogP contribution in [-0.4, -0.2) is 59.2 Å². The molecule has 38 heavy (non-hydrogen) atoms. The molecule has 2 amide bonds. The van der Waals surface area contributed by atoms with Crippen molar-refractivity contribution >= 4 is 34.1 Å². The van der Waals surface area contributed by atoms with E-state index in [-0.39, 0.29) is 17.7 Å². The van der Waals surface area contributed by atoms with Crippen LogP contribution in [0.25, 0.3) is 10.9 Å². The van der Waals surface area contributed by atoms with Crippen molar-refractivity contribution in [3.63, 3.8) is 0 Å². The van der Waals surface area contributed by atoms with Crippen LogP contribution in [0.4, 0.5) is 11.4 Å². The van der Waals surface area contributed by atoms with Gasteiger partial charge in [-0.3, -0.25) is 19.6 Å². The number of piperidine rings is 3. The molecular formula is C30H38N6O2. The van der Waals surface area contributed by atoms with E-state index in [0.717, 1.165) is 54.4 Å². The maximum absolute atomic E-state index is 12.4. The van der Waals surface area contributed by atoms with Crippen molar-refractivity contribution in [1.82, 2.24) is 20.0 Å². The van der Waals surface area contributed by atoms with Crippen LogP contribution in [-0.2, 0) is 16.6 Å². The highest BCUT2D eigenvalue weighted by atomic mass is 16.2. The lowest BCUT2D eigenvalue weighted by atomic mass is 9.87. The highest BCUT2D eigenvalue weighted by Gasteiger charge is 2.32. The Morgan fingerprint density at radius 3 is 2.39 bits per heavy atom. The van der Waals surface area contributed by atoms with Gasteiger partial charge in [-0.05, 0) is 92.9 Å². The van der Waals surface area contributed by atoms with E-state index in [1.807, 2.05) is 23.9 Å². The summed E-state index contributed by atoms with van der Waals surface area (Å²) in [4.78, 5) is 29.2. The smallest absolute Gasteiger partial charge is 0.235 e. The van der Waals surface area contributed by atoms with E-state index in [1.54, 1.807) is 0 Å². The molecule has 2 aromatic carbocycles. The predicted octanol–water partition coefficient (Wildman–Crippen LogP) is 3.77. The lowest BCUT2D eigenvalue weighted by Crippen LogP contribution is -2.41. The van der Waals surface area contributed by atoms with E-state index < -0.39 is 0 Å². The number of likely N-dealkylation sites (tertiary alicyclic amines) is 1. The minimum absolute atomic E-state index is 0.191. The number of hydrogen-bond donors (Lipinski definition) is 2. The molecule has 6 rings (SSSR count). The van der Waals surface area contributed by atoms with Crippen molar-refractivity contribution in [2.45, 2.75) is 50.4 Å². The maximum atomic E-state index is 12.4. The molecule has 200 valence electrons. The highest BCUT2D eigenvalue weighted by Crippen LogP contribution is 2.35. The van der Waals surface area contributed by atoms with Gasteiger partial charge in [0.05, 0.1) is 17.1 Å². The van der Waals surface area contributed by atoms with Crippen LogP contribution in [0, 0.1) is 5.92 Å². The van der Waals surface area contributed by atoms with Gasteiger partial charge in [-0.1, -0.05) is 12.1 Å². The molecule has 1 unspecified atom stereocenters.